The SMILES string of the molecule is Cc1nn(CC(=O)O)c(C)c1S(=O)(=O)NC1CC(C)C1. The highest BCUT2D eigenvalue weighted by atomic mass is 32.2. The van der Waals surface area contributed by atoms with Gasteiger partial charge in [-0.15, -0.1) is 0 Å². The molecule has 8 heteroatoms. The topological polar surface area (TPSA) is 101 Å². The van der Waals surface area contributed by atoms with E-state index >= 15 is 0 Å². The normalized spacial score (nSPS) is 22.6. The molecule has 7 nitrogen and oxygen atoms in total. The fraction of sp³-hybridized carbons (Fsp3) is 0.667. The van der Waals surface area contributed by atoms with Gasteiger partial charge >= 0.3 is 5.97 Å². The minimum Gasteiger partial charge on any atom is -0.480 e. The molecule has 0 radical (unpaired) electrons. The van der Waals surface area contributed by atoms with Gasteiger partial charge in [-0.3, -0.25) is 9.48 Å². The van der Waals surface area contributed by atoms with Gasteiger partial charge in [0, 0.05) is 6.04 Å². The van der Waals surface area contributed by atoms with Crippen LogP contribution in [-0.4, -0.2) is 35.3 Å². The van der Waals surface area contributed by atoms with E-state index in [2.05, 4.69) is 16.7 Å². The molecular weight excluding hydrogens is 282 g/mol. The van der Waals surface area contributed by atoms with Crippen molar-refractivity contribution < 1.29 is 18.3 Å². The molecule has 1 aliphatic carbocycles. The molecule has 0 amide bonds. The number of carboxylic acid groups (broad SMARTS) is 1. The lowest BCUT2D eigenvalue weighted by atomic mass is 9.83. The summed E-state index contributed by atoms with van der Waals surface area (Å²) in [6, 6.07) is -0.0309. The van der Waals surface area contributed by atoms with Gasteiger partial charge in [0.2, 0.25) is 10.0 Å². The highest BCUT2D eigenvalue weighted by molar-refractivity contribution is 7.89. The minimum atomic E-state index is -3.65. The van der Waals surface area contributed by atoms with Gasteiger partial charge in [-0.25, -0.2) is 13.1 Å². The van der Waals surface area contributed by atoms with Gasteiger partial charge < -0.3 is 5.11 Å². The lowest BCUT2D eigenvalue weighted by molar-refractivity contribution is -0.137. The average Bonchev–Trinajstić information content (AvgIpc) is 2.51. The zero-order chi connectivity index (χ0) is 15.1. The number of carbonyl (C=O) groups is 1. The standard InChI is InChI=1S/C12H19N3O4S/c1-7-4-10(5-7)14-20(18,19)12-8(2)13-15(9(12)3)6-11(16)17/h7,10,14H,4-6H2,1-3H3,(H,16,17). The molecule has 112 valence electrons. The van der Waals surface area contributed by atoms with Crippen LogP contribution < -0.4 is 4.72 Å². The van der Waals surface area contributed by atoms with Crippen molar-refractivity contribution in [2.75, 3.05) is 0 Å². The summed E-state index contributed by atoms with van der Waals surface area (Å²) >= 11 is 0. The van der Waals surface area contributed by atoms with Gasteiger partial charge in [0.1, 0.15) is 11.4 Å². The highest BCUT2D eigenvalue weighted by Crippen LogP contribution is 2.29. The monoisotopic (exact) mass is 301 g/mol. The average molecular weight is 301 g/mol. The summed E-state index contributed by atoms with van der Waals surface area (Å²) in [7, 11) is -3.65. The van der Waals surface area contributed by atoms with Crippen LogP contribution >= 0.6 is 0 Å². The van der Waals surface area contributed by atoms with Crippen LogP contribution in [0.2, 0.25) is 0 Å². The van der Waals surface area contributed by atoms with Crippen LogP contribution in [-0.2, 0) is 21.4 Å². The van der Waals surface area contributed by atoms with Crippen molar-refractivity contribution in [3.8, 4) is 0 Å². The number of nitrogens with zero attached hydrogens (tertiary/aromatic N) is 2. The van der Waals surface area contributed by atoms with E-state index in [1.54, 1.807) is 13.8 Å². The Kier molecular flexibility index (Phi) is 3.88. The minimum absolute atomic E-state index is 0.0309. The molecule has 20 heavy (non-hydrogen) atoms. The van der Waals surface area contributed by atoms with E-state index in [0.717, 1.165) is 12.8 Å². The predicted octanol–water partition coefficient (Wildman–Crippen LogP) is 0.661. The largest absolute Gasteiger partial charge is 0.480 e. The van der Waals surface area contributed by atoms with Gasteiger partial charge in [-0.2, -0.15) is 5.10 Å². The summed E-state index contributed by atoms with van der Waals surface area (Å²) in [6.07, 6.45) is 1.67. The lowest BCUT2D eigenvalue weighted by Crippen LogP contribution is -2.43. The number of aryl methyl sites for hydroxylation is 1. The number of nitrogens with one attached hydrogen (secondary N) is 1. The molecule has 0 bridgehead atoms. The van der Waals surface area contributed by atoms with Crippen LogP contribution in [0.25, 0.3) is 0 Å². The predicted molar refractivity (Wildman–Crippen MR) is 71.8 cm³/mol. The summed E-state index contributed by atoms with van der Waals surface area (Å²) in [5.41, 5.74) is 0.674. The van der Waals surface area contributed by atoms with E-state index in [1.165, 1.54) is 4.68 Å². The lowest BCUT2D eigenvalue weighted by Gasteiger charge is -2.32. The third kappa shape index (κ3) is 2.85. The maximum Gasteiger partial charge on any atom is 0.325 e. The zero-order valence-electron chi connectivity index (χ0n) is 11.8. The van der Waals surface area contributed by atoms with Crippen molar-refractivity contribution >= 4 is 16.0 Å². The first-order valence-corrected chi connectivity index (χ1v) is 7.97. The first-order valence-electron chi connectivity index (χ1n) is 6.49. The molecule has 0 aromatic carbocycles. The fourth-order valence-corrected chi connectivity index (χ4v) is 4.30. The molecule has 1 fully saturated rings. The zero-order valence-corrected chi connectivity index (χ0v) is 12.6. The Morgan fingerprint density at radius 1 is 1.45 bits per heavy atom. The Balaban J connectivity index is 2.27. The Labute approximate surface area is 118 Å². The fourth-order valence-electron chi connectivity index (χ4n) is 2.63. The number of aliphatic carboxylic acids is 1. The van der Waals surface area contributed by atoms with E-state index in [4.69, 9.17) is 5.11 Å². The molecule has 0 spiro atoms. The van der Waals surface area contributed by atoms with E-state index < -0.39 is 16.0 Å². The van der Waals surface area contributed by atoms with Crippen molar-refractivity contribution in [3.63, 3.8) is 0 Å². The molecule has 1 aromatic rings. The third-order valence-corrected chi connectivity index (χ3v) is 5.34. The summed E-state index contributed by atoms with van der Waals surface area (Å²) in [5, 5.41) is 12.8. The quantitative estimate of drug-likeness (QED) is 0.832. The van der Waals surface area contributed by atoms with E-state index in [0.29, 0.717) is 17.3 Å². The maximum absolute atomic E-state index is 12.4. The van der Waals surface area contributed by atoms with E-state index in [1.807, 2.05) is 0 Å². The summed E-state index contributed by atoms with van der Waals surface area (Å²) in [4.78, 5) is 10.8. The maximum atomic E-state index is 12.4. The molecule has 1 aliphatic rings. The second-order valence-corrected chi connectivity index (χ2v) is 7.10. The van der Waals surface area contributed by atoms with Gasteiger partial charge in [-0.1, -0.05) is 6.92 Å². The molecule has 0 aliphatic heterocycles. The third-order valence-electron chi connectivity index (χ3n) is 3.56. The molecule has 0 atom stereocenters. The summed E-state index contributed by atoms with van der Waals surface area (Å²) in [5.74, 6) is -0.514. The Bertz CT molecular complexity index is 629. The van der Waals surface area contributed by atoms with Crippen LogP contribution in [0.1, 0.15) is 31.2 Å². The molecule has 1 aromatic heterocycles. The number of hydrogen-bond donors (Lipinski definition) is 2. The Morgan fingerprint density at radius 3 is 2.55 bits per heavy atom. The first-order chi connectivity index (χ1) is 9.20. The van der Waals surface area contributed by atoms with Crippen LogP contribution in [0, 0.1) is 19.8 Å². The van der Waals surface area contributed by atoms with Crippen molar-refractivity contribution in [1.29, 1.82) is 0 Å². The summed E-state index contributed by atoms with van der Waals surface area (Å²) < 4.78 is 28.6. The van der Waals surface area contributed by atoms with Crippen LogP contribution in [0.3, 0.4) is 0 Å². The molecule has 1 heterocycles. The molecule has 0 saturated heterocycles. The van der Waals surface area contributed by atoms with Crippen molar-refractivity contribution in [2.24, 2.45) is 5.92 Å². The number of aromatic nitrogens is 2. The second kappa shape index (κ2) is 5.17. The van der Waals surface area contributed by atoms with Crippen LogP contribution in [0.5, 0.6) is 0 Å². The van der Waals surface area contributed by atoms with Crippen molar-refractivity contribution in [1.82, 2.24) is 14.5 Å². The Hall–Kier alpha value is -1.41. The van der Waals surface area contributed by atoms with Gasteiger partial charge in [0.25, 0.3) is 0 Å². The summed E-state index contributed by atoms with van der Waals surface area (Å²) in [6.45, 7) is 4.87. The molecule has 0 unspecified atom stereocenters. The number of carboxylic acids is 1. The smallest absolute Gasteiger partial charge is 0.325 e. The molecule has 2 rings (SSSR count). The van der Waals surface area contributed by atoms with Gasteiger partial charge in [0.05, 0.1) is 11.4 Å². The number of hydrogen-bond acceptors (Lipinski definition) is 4. The van der Waals surface area contributed by atoms with Gasteiger partial charge in [-0.05, 0) is 32.6 Å². The first kappa shape index (κ1) is 15.0. The number of rotatable bonds is 5. The van der Waals surface area contributed by atoms with Crippen LogP contribution in [0.15, 0.2) is 4.90 Å². The van der Waals surface area contributed by atoms with E-state index in [-0.39, 0.29) is 17.5 Å². The van der Waals surface area contributed by atoms with E-state index in [9.17, 15) is 13.2 Å². The van der Waals surface area contributed by atoms with Gasteiger partial charge in [0.15, 0.2) is 0 Å². The molecular formula is C12H19N3O4S. The van der Waals surface area contributed by atoms with Crippen molar-refractivity contribution in [3.05, 3.63) is 11.4 Å². The van der Waals surface area contributed by atoms with Crippen LogP contribution in [0.4, 0.5) is 0 Å². The van der Waals surface area contributed by atoms with Crippen molar-refractivity contribution in [2.45, 2.75) is 51.1 Å². The molecule has 2 N–H and O–H groups in total. The number of sulfonamides is 1. The second-order valence-electron chi connectivity index (χ2n) is 5.45. The molecule has 1 saturated carbocycles. The Morgan fingerprint density at radius 2 is 2.05 bits per heavy atom. The highest BCUT2D eigenvalue weighted by Gasteiger charge is 2.32.